The minimum Gasteiger partial charge on any atom is -0.491 e. The first-order chi connectivity index (χ1) is 12.1. The molecule has 1 unspecified atom stereocenters. The van der Waals surface area contributed by atoms with E-state index in [1.165, 1.54) is 7.11 Å². The summed E-state index contributed by atoms with van der Waals surface area (Å²) in [6.07, 6.45) is 2.25. The molecule has 1 amide bonds. The number of carbonyl (C=O) groups excluding carboxylic acids is 2. The van der Waals surface area contributed by atoms with Gasteiger partial charge in [-0.05, 0) is 37.2 Å². The third-order valence-corrected chi connectivity index (χ3v) is 3.79. The molecule has 1 fully saturated rings. The number of nitrogens with one attached hydrogen (secondary N) is 2. The molecule has 1 aromatic rings. The first-order valence-electron chi connectivity index (χ1n) is 8.09. The van der Waals surface area contributed by atoms with E-state index in [0.29, 0.717) is 18.0 Å². The molecule has 136 valence electrons. The van der Waals surface area contributed by atoms with Crippen LogP contribution < -0.4 is 15.4 Å². The van der Waals surface area contributed by atoms with Gasteiger partial charge in [0, 0.05) is 24.8 Å². The van der Waals surface area contributed by atoms with Crippen molar-refractivity contribution in [1.82, 2.24) is 5.32 Å². The Kier molecular flexibility index (Phi) is 7.62. The fourth-order valence-electron chi connectivity index (χ4n) is 2.30. The maximum absolute atomic E-state index is 11.7. The minimum absolute atomic E-state index is 0.0114. The molecule has 2 N–H and O–H groups in total. The van der Waals surface area contributed by atoms with Crippen molar-refractivity contribution in [2.24, 2.45) is 0 Å². The predicted molar refractivity (Wildman–Crippen MR) is 96.5 cm³/mol. The molecule has 0 bridgehead atoms. The molecule has 0 aliphatic carbocycles. The molecule has 1 heterocycles. The lowest BCUT2D eigenvalue weighted by Crippen LogP contribution is -2.34. The predicted octanol–water partition coefficient (Wildman–Crippen LogP) is 2.01. The highest BCUT2D eigenvalue weighted by molar-refractivity contribution is 7.80. The van der Waals surface area contributed by atoms with E-state index in [1.54, 1.807) is 6.07 Å². The van der Waals surface area contributed by atoms with E-state index < -0.39 is 5.97 Å². The summed E-state index contributed by atoms with van der Waals surface area (Å²) in [5, 5.41) is 5.59. The number of rotatable bonds is 7. The number of esters is 1. The number of methoxy groups -OCH3 is 1. The van der Waals surface area contributed by atoms with Crippen LogP contribution in [0.15, 0.2) is 24.3 Å². The van der Waals surface area contributed by atoms with Crippen molar-refractivity contribution in [2.75, 3.05) is 25.6 Å². The van der Waals surface area contributed by atoms with E-state index in [1.807, 2.05) is 18.2 Å². The third-order valence-electron chi connectivity index (χ3n) is 3.59. The van der Waals surface area contributed by atoms with Gasteiger partial charge in [0.2, 0.25) is 5.91 Å². The second kappa shape index (κ2) is 9.95. The van der Waals surface area contributed by atoms with Crippen LogP contribution in [-0.2, 0) is 19.1 Å². The highest BCUT2D eigenvalue weighted by Gasteiger charge is 2.16. The first-order valence-corrected chi connectivity index (χ1v) is 8.50. The van der Waals surface area contributed by atoms with E-state index in [0.717, 1.165) is 19.4 Å². The molecule has 8 heteroatoms. The molecule has 0 saturated carbocycles. The zero-order chi connectivity index (χ0) is 18.1. The van der Waals surface area contributed by atoms with Crippen LogP contribution in [0.2, 0.25) is 0 Å². The molecule has 1 aliphatic heterocycles. The van der Waals surface area contributed by atoms with Crippen LogP contribution in [-0.4, -0.2) is 43.4 Å². The van der Waals surface area contributed by atoms with Crippen molar-refractivity contribution in [2.45, 2.75) is 31.8 Å². The van der Waals surface area contributed by atoms with Gasteiger partial charge in [-0.25, -0.2) is 0 Å². The number of thiocarbonyl (C=S) groups is 1. The fourth-order valence-corrected chi connectivity index (χ4v) is 2.53. The molecule has 25 heavy (non-hydrogen) atoms. The van der Waals surface area contributed by atoms with Gasteiger partial charge in [0.25, 0.3) is 0 Å². The van der Waals surface area contributed by atoms with E-state index in [4.69, 9.17) is 21.7 Å². The van der Waals surface area contributed by atoms with Crippen molar-refractivity contribution in [3.8, 4) is 5.75 Å². The van der Waals surface area contributed by atoms with E-state index >= 15 is 0 Å². The number of carbonyl (C=O) groups is 2. The Bertz CT molecular complexity index is 617. The fraction of sp³-hybridized carbons (Fsp3) is 0.471. The van der Waals surface area contributed by atoms with Gasteiger partial charge in [-0.15, -0.1) is 0 Å². The van der Waals surface area contributed by atoms with Gasteiger partial charge in [0.1, 0.15) is 12.4 Å². The van der Waals surface area contributed by atoms with E-state index in [2.05, 4.69) is 15.4 Å². The van der Waals surface area contributed by atoms with E-state index in [-0.39, 0.29) is 30.0 Å². The summed E-state index contributed by atoms with van der Waals surface area (Å²) >= 11 is 5.10. The Morgan fingerprint density at radius 1 is 1.36 bits per heavy atom. The Hall–Kier alpha value is -2.19. The Morgan fingerprint density at radius 3 is 2.92 bits per heavy atom. The largest absolute Gasteiger partial charge is 0.491 e. The normalized spacial score (nSPS) is 16.1. The average molecular weight is 366 g/mol. The minimum atomic E-state index is -0.440. The number of ether oxygens (including phenoxy) is 3. The summed E-state index contributed by atoms with van der Waals surface area (Å²) in [7, 11) is 1.28. The smallest absolute Gasteiger partial charge is 0.306 e. The van der Waals surface area contributed by atoms with Gasteiger partial charge in [-0.3, -0.25) is 9.59 Å². The molecule has 1 aliphatic rings. The Balaban J connectivity index is 1.76. The first kappa shape index (κ1) is 19.1. The van der Waals surface area contributed by atoms with Crippen LogP contribution in [0, 0.1) is 0 Å². The molecular formula is C17H22N2O5S. The molecule has 1 saturated heterocycles. The summed E-state index contributed by atoms with van der Waals surface area (Å²) < 4.78 is 15.7. The Morgan fingerprint density at radius 2 is 2.20 bits per heavy atom. The SMILES string of the molecule is COC(=O)CCC(=O)NC(=S)Nc1cccc(OCC2CCCO2)c1. The van der Waals surface area contributed by atoms with Gasteiger partial charge in [-0.1, -0.05) is 6.07 Å². The second-order valence-corrected chi connectivity index (χ2v) is 5.96. The number of hydrogen-bond donors (Lipinski definition) is 2. The van der Waals surface area contributed by atoms with E-state index in [9.17, 15) is 9.59 Å². The van der Waals surface area contributed by atoms with Crippen LogP contribution in [0.25, 0.3) is 0 Å². The molecule has 0 aromatic heterocycles. The standard InChI is InChI=1S/C17H22N2O5S/c1-22-16(21)8-7-15(20)19-17(25)18-12-4-2-5-13(10-12)24-11-14-6-3-9-23-14/h2,4-5,10,14H,3,6-9,11H2,1H3,(H2,18,19,20,25). The maximum Gasteiger partial charge on any atom is 0.306 e. The molecule has 0 spiro atoms. The molecule has 0 radical (unpaired) electrons. The highest BCUT2D eigenvalue weighted by atomic mass is 32.1. The molecular weight excluding hydrogens is 344 g/mol. The lowest BCUT2D eigenvalue weighted by atomic mass is 10.2. The zero-order valence-corrected chi connectivity index (χ0v) is 14.9. The molecule has 1 aromatic carbocycles. The van der Waals surface area contributed by atoms with Gasteiger partial charge >= 0.3 is 5.97 Å². The van der Waals surface area contributed by atoms with Gasteiger partial charge in [-0.2, -0.15) is 0 Å². The van der Waals surface area contributed by atoms with Crippen molar-refractivity contribution in [3.63, 3.8) is 0 Å². The van der Waals surface area contributed by atoms with Crippen molar-refractivity contribution < 1.29 is 23.8 Å². The topological polar surface area (TPSA) is 85.9 Å². The number of hydrogen-bond acceptors (Lipinski definition) is 6. The highest BCUT2D eigenvalue weighted by Crippen LogP contribution is 2.19. The van der Waals surface area contributed by atoms with Crippen molar-refractivity contribution in [1.29, 1.82) is 0 Å². The van der Waals surface area contributed by atoms with Crippen molar-refractivity contribution >= 4 is 34.9 Å². The van der Waals surface area contributed by atoms with Gasteiger partial charge < -0.3 is 24.8 Å². The van der Waals surface area contributed by atoms with Gasteiger partial charge in [0.05, 0.1) is 19.6 Å². The monoisotopic (exact) mass is 366 g/mol. The molecule has 1 atom stereocenters. The Labute approximate surface area is 152 Å². The third kappa shape index (κ3) is 7.06. The summed E-state index contributed by atoms with van der Waals surface area (Å²) in [5.74, 6) is -0.0980. The summed E-state index contributed by atoms with van der Waals surface area (Å²) in [4.78, 5) is 22.7. The zero-order valence-electron chi connectivity index (χ0n) is 14.1. The summed E-state index contributed by atoms with van der Waals surface area (Å²) in [5.41, 5.74) is 0.697. The van der Waals surface area contributed by atoms with Crippen LogP contribution >= 0.6 is 12.2 Å². The number of anilines is 1. The van der Waals surface area contributed by atoms with Crippen LogP contribution in [0.4, 0.5) is 5.69 Å². The number of amides is 1. The molecule has 7 nitrogen and oxygen atoms in total. The molecule has 2 rings (SSSR count). The number of benzene rings is 1. The summed E-state index contributed by atoms with van der Waals surface area (Å²) in [6.45, 7) is 1.30. The lowest BCUT2D eigenvalue weighted by Gasteiger charge is -2.13. The maximum atomic E-state index is 11.7. The summed E-state index contributed by atoms with van der Waals surface area (Å²) in [6, 6.07) is 7.28. The van der Waals surface area contributed by atoms with Crippen LogP contribution in [0.5, 0.6) is 5.75 Å². The quantitative estimate of drug-likeness (QED) is 0.564. The van der Waals surface area contributed by atoms with Gasteiger partial charge in [0.15, 0.2) is 5.11 Å². The van der Waals surface area contributed by atoms with Crippen LogP contribution in [0.1, 0.15) is 25.7 Å². The average Bonchev–Trinajstić information content (AvgIpc) is 3.11. The van der Waals surface area contributed by atoms with Crippen molar-refractivity contribution in [3.05, 3.63) is 24.3 Å². The van der Waals surface area contributed by atoms with Crippen LogP contribution in [0.3, 0.4) is 0 Å². The lowest BCUT2D eigenvalue weighted by molar-refractivity contribution is -0.142. The second-order valence-electron chi connectivity index (χ2n) is 5.55.